The van der Waals surface area contributed by atoms with Crippen LogP contribution in [0.5, 0.6) is 0 Å². The standard InChI is InChI=1S/C22H29N3O2/c1-5-16(2)19-8-6-7-9-20(19)24-21(26)15-25(4)14-17-10-12-18(13-11-17)22(27)23-3/h6-13,16H,5,14-15H2,1-4H3,(H,23,27)(H,24,26)/p+1/t16-/m1/s1. The zero-order chi connectivity index (χ0) is 19.8. The Morgan fingerprint density at radius 1 is 1.07 bits per heavy atom. The fraction of sp³-hybridized carbons (Fsp3) is 0.364. The molecular formula is C22H30N3O2+. The lowest BCUT2D eigenvalue weighted by molar-refractivity contribution is -0.885. The quantitative estimate of drug-likeness (QED) is 0.669. The first-order valence-electron chi connectivity index (χ1n) is 9.45. The third-order valence-electron chi connectivity index (χ3n) is 4.79. The highest BCUT2D eigenvalue weighted by atomic mass is 16.2. The van der Waals surface area contributed by atoms with Crippen LogP contribution >= 0.6 is 0 Å². The Bertz CT molecular complexity index is 771. The fourth-order valence-corrected chi connectivity index (χ4v) is 3.06. The summed E-state index contributed by atoms with van der Waals surface area (Å²) in [6.45, 7) is 5.42. The minimum atomic E-state index is -0.0957. The second-order valence-electron chi connectivity index (χ2n) is 7.03. The number of carbonyl (C=O) groups excluding carboxylic acids is 2. The maximum atomic E-state index is 12.5. The predicted octanol–water partition coefficient (Wildman–Crippen LogP) is 2.21. The molecule has 27 heavy (non-hydrogen) atoms. The van der Waals surface area contributed by atoms with Crippen LogP contribution in [0.2, 0.25) is 0 Å². The van der Waals surface area contributed by atoms with Gasteiger partial charge in [0.2, 0.25) is 0 Å². The largest absolute Gasteiger partial charge is 0.355 e. The summed E-state index contributed by atoms with van der Waals surface area (Å²) in [5.74, 6) is 0.317. The normalized spacial score (nSPS) is 12.9. The first-order chi connectivity index (χ1) is 12.9. The van der Waals surface area contributed by atoms with Crippen LogP contribution in [-0.4, -0.2) is 32.5 Å². The van der Waals surface area contributed by atoms with Gasteiger partial charge in [-0.2, -0.15) is 0 Å². The van der Waals surface area contributed by atoms with Crippen LogP contribution in [0.15, 0.2) is 48.5 Å². The third kappa shape index (κ3) is 5.93. The summed E-state index contributed by atoms with van der Waals surface area (Å²) in [6.07, 6.45) is 1.03. The summed E-state index contributed by atoms with van der Waals surface area (Å²) < 4.78 is 0. The van der Waals surface area contributed by atoms with Gasteiger partial charge >= 0.3 is 0 Å². The molecule has 0 aliphatic heterocycles. The van der Waals surface area contributed by atoms with Gasteiger partial charge in [-0.15, -0.1) is 0 Å². The van der Waals surface area contributed by atoms with Gasteiger partial charge in [0.15, 0.2) is 6.54 Å². The van der Waals surface area contributed by atoms with E-state index in [-0.39, 0.29) is 11.8 Å². The van der Waals surface area contributed by atoms with E-state index >= 15 is 0 Å². The molecule has 0 heterocycles. The van der Waals surface area contributed by atoms with E-state index in [0.717, 1.165) is 22.6 Å². The highest BCUT2D eigenvalue weighted by Gasteiger charge is 2.14. The second kappa shape index (κ2) is 9.88. The molecule has 2 amide bonds. The van der Waals surface area contributed by atoms with Crippen LogP contribution in [0.1, 0.15) is 47.7 Å². The molecule has 0 spiro atoms. The summed E-state index contributed by atoms with van der Waals surface area (Å²) in [5.41, 5.74) is 3.81. The van der Waals surface area contributed by atoms with E-state index in [2.05, 4.69) is 30.5 Å². The molecule has 2 aromatic rings. The highest BCUT2D eigenvalue weighted by Crippen LogP contribution is 2.26. The number of benzene rings is 2. The molecule has 2 rings (SSSR count). The van der Waals surface area contributed by atoms with Gasteiger partial charge in [-0.25, -0.2) is 0 Å². The topological polar surface area (TPSA) is 62.6 Å². The zero-order valence-electron chi connectivity index (χ0n) is 16.6. The van der Waals surface area contributed by atoms with Crippen molar-refractivity contribution in [1.82, 2.24) is 5.32 Å². The molecule has 2 atom stereocenters. The second-order valence-corrected chi connectivity index (χ2v) is 7.03. The Hall–Kier alpha value is -2.66. The number of hydrogen-bond donors (Lipinski definition) is 3. The van der Waals surface area contributed by atoms with Crippen molar-refractivity contribution in [2.45, 2.75) is 32.7 Å². The maximum Gasteiger partial charge on any atom is 0.279 e. The molecule has 5 heteroatoms. The van der Waals surface area contributed by atoms with Crippen LogP contribution < -0.4 is 15.5 Å². The molecule has 3 N–H and O–H groups in total. The van der Waals surface area contributed by atoms with Gasteiger partial charge in [0, 0.05) is 23.9 Å². The molecule has 1 unspecified atom stereocenters. The fourth-order valence-electron chi connectivity index (χ4n) is 3.06. The molecule has 0 fully saturated rings. The van der Waals surface area contributed by atoms with Crippen molar-refractivity contribution in [2.24, 2.45) is 0 Å². The van der Waals surface area contributed by atoms with Crippen LogP contribution in [0.25, 0.3) is 0 Å². The molecular weight excluding hydrogens is 338 g/mol. The van der Waals surface area contributed by atoms with E-state index in [9.17, 15) is 9.59 Å². The van der Waals surface area contributed by atoms with E-state index in [1.54, 1.807) is 7.05 Å². The average molecular weight is 369 g/mol. The van der Waals surface area contributed by atoms with E-state index in [4.69, 9.17) is 0 Å². The molecule has 0 aromatic heterocycles. The van der Waals surface area contributed by atoms with Crippen molar-refractivity contribution in [3.8, 4) is 0 Å². The van der Waals surface area contributed by atoms with E-state index in [1.807, 2.05) is 49.5 Å². The molecule has 5 nitrogen and oxygen atoms in total. The Morgan fingerprint density at radius 2 is 1.74 bits per heavy atom. The molecule has 0 radical (unpaired) electrons. The summed E-state index contributed by atoms with van der Waals surface area (Å²) >= 11 is 0. The number of nitrogens with one attached hydrogen (secondary N) is 3. The Kier molecular flexibility index (Phi) is 7.55. The number of carbonyl (C=O) groups is 2. The lowest BCUT2D eigenvalue weighted by Gasteiger charge is -2.17. The van der Waals surface area contributed by atoms with Crippen molar-refractivity contribution < 1.29 is 14.5 Å². The van der Waals surface area contributed by atoms with E-state index in [1.165, 1.54) is 5.56 Å². The average Bonchev–Trinajstić information content (AvgIpc) is 2.67. The monoisotopic (exact) mass is 368 g/mol. The van der Waals surface area contributed by atoms with Crippen molar-refractivity contribution in [3.63, 3.8) is 0 Å². The van der Waals surface area contributed by atoms with Crippen LogP contribution in [0.4, 0.5) is 5.69 Å². The molecule has 0 saturated carbocycles. The van der Waals surface area contributed by atoms with Crippen molar-refractivity contribution in [3.05, 3.63) is 65.2 Å². The van der Waals surface area contributed by atoms with Gasteiger partial charge in [0.25, 0.3) is 11.8 Å². The van der Waals surface area contributed by atoms with Crippen molar-refractivity contribution in [1.29, 1.82) is 0 Å². The van der Waals surface area contributed by atoms with Gasteiger partial charge in [-0.1, -0.05) is 44.2 Å². The molecule has 0 aliphatic carbocycles. The van der Waals surface area contributed by atoms with Gasteiger partial charge < -0.3 is 15.5 Å². The summed E-state index contributed by atoms with van der Waals surface area (Å²) in [4.78, 5) is 25.2. The molecule has 0 bridgehead atoms. The Balaban J connectivity index is 1.93. The van der Waals surface area contributed by atoms with Gasteiger partial charge in [0.05, 0.1) is 7.05 Å². The molecule has 144 valence electrons. The highest BCUT2D eigenvalue weighted by molar-refractivity contribution is 5.94. The number of anilines is 1. The Morgan fingerprint density at radius 3 is 2.37 bits per heavy atom. The summed E-state index contributed by atoms with van der Waals surface area (Å²) in [7, 11) is 3.61. The maximum absolute atomic E-state index is 12.5. The Labute approximate surface area is 161 Å². The van der Waals surface area contributed by atoms with Gasteiger partial charge in [-0.05, 0) is 36.1 Å². The summed E-state index contributed by atoms with van der Waals surface area (Å²) in [6, 6.07) is 15.5. The number of quaternary nitrogens is 1. The van der Waals surface area contributed by atoms with E-state index < -0.39 is 0 Å². The number of hydrogen-bond acceptors (Lipinski definition) is 2. The lowest BCUT2D eigenvalue weighted by atomic mass is 9.97. The predicted molar refractivity (Wildman–Crippen MR) is 109 cm³/mol. The number of amides is 2. The summed E-state index contributed by atoms with van der Waals surface area (Å²) in [5, 5.41) is 5.67. The molecule has 0 saturated heterocycles. The first-order valence-corrected chi connectivity index (χ1v) is 9.45. The first kappa shape index (κ1) is 20.6. The van der Waals surface area contributed by atoms with Gasteiger partial charge in [0.1, 0.15) is 6.54 Å². The SMILES string of the molecule is CC[C@@H](C)c1ccccc1NC(=O)C[NH+](C)Cc1ccc(C(=O)NC)cc1. The van der Waals surface area contributed by atoms with Crippen LogP contribution in [0.3, 0.4) is 0 Å². The van der Waals surface area contributed by atoms with Crippen LogP contribution in [-0.2, 0) is 11.3 Å². The molecule has 2 aromatic carbocycles. The third-order valence-corrected chi connectivity index (χ3v) is 4.79. The van der Waals surface area contributed by atoms with Crippen molar-refractivity contribution in [2.75, 3.05) is 26.0 Å². The number of likely N-dealkylation sites (N-methyl/N-ethyl adjacent to an activating group) is 1. The zero-order valence-corrected chi connectivity index (χ0v) is 16.6. The minimum Gasteiger partial charge on any atom is -0.355 e. The van der Waals surface area contributed by atoms with E-state index in [0.29, 0.717) is 24.6 Å². The number of para-hydroxylation sites is 1. The number of rotatable bonds is 8. The van der Waals surface area contributed by atoms with Gasteiger partial charge in [-0.3, -0.25) is 9.59 Å². The lowest BCUT2D eigenvalue weighted by Crippen LogP contribution is -3.08. The van der Waals surface area contributed by atoms with Crippen LogP contribution in [0, 0.1) is 0 Å². The van der Waals surface area contributed by atoms with Crippen molar-refractivity contribution >= 4 is 17.5 Å². The smallest absolute Gasteiger partial charge is 0.279 e. The minimum absolute atomic E-state index is 0.00485. The molecule has 0 aliphatic rings.